The van der Waals surface area contributed by atoms with Crippen molar-refractivity contribution in [1.82, 2.24) is 24.7 Å². The van der Waals surface area contributed by atoms with E-state index in [4.69, 9.17) is 0 Å². The van der Waals surface area contributed by atoms with E-state index in [1.165, 1.54) is 5.56 Å². The van der Waals surface area contributed by atoms with Gasteiger partial charge >= 0.3 is 0 Å². The van der Waals surface area contributed by atoms with E-state index >= 15 is 0 Å². The number of hydrogen-bond donors (Lipinski definition) is 0. The van der Waals surface area contributed by atoms with Gasteiger partial charge in [0.05, 0.1) is 6.20 Å². The van der Waals surface area contributed by atoms with Gasteiger partial charge in [-0.1, -0.05) is 49.0 Å². The van der Waals surface area contributed by atoms with E-state index in [1.54, 1.807) is 30.4 Å². The number of thioether (sulfide) groups is 1. The quantitative estimate of drug-likeness (QED) is 0.675. The SMILES string of the molecule is CC[C@H](Sc1nnc(-c2cnccn2)n1C)c1ccccc1. The Balaban J connectivity index is 1.86. The summed E-state index contributed by atoms with van der Waals surface area (Å²) in [6, 6.07) is 10.5. The maximum atomic E-state index is 4.31. The summed E-state index contributed by atoms with van der Waals surface area (Å²) in [4.78, 5) is 8.37. The third-order valence-corrected chi connectivity index (χ3v) is 4.87. The number of rotatable bonds is 5. The number of benzene rings is 1. The minimum Gasteiger partial charge on any atom is -0.304 e. The molecule has 0 aliphatic carbocycles. The Hall–Kier alpha value is -2.21. The molecule has 0 radical (unpaired) electrons. The second-order valence-electron chi connectivity index (χ2n) is 4.88. The van der Waals surface area contributed by atoms with E-state index in [0.717, 1.165) is 23.1 Å². The molecule has 0 aliphatic heterocycles. The highest BCUT2D eigenvalue weighted by Crippen LogP contribution is 2.37. The predicted molar refractivity (Wildman–Crippen MR) is 87.4 cm³/mol. The fourth-order valence-corrected chi connectivity index (χ4v) is 3.28. The molecule has 0 N–H and O–H groups in total. The van der Waals surface area contributed by atoms with Crippen LogP contribution in [0, 0.1) is 0 Å². The topological polar surface area (TPSA) is 56.5 Å². The van der Waals surface area contributed by atoms with Crippen LogP contribution in [0.25, 0.3) is 11.5 Å². The second kappa shape index (κ2) is 6.70. The summed E-state index contributed by atoms with van der Waals surface area (Å²) in [7, 11) is 1.96. The molecule has 5 nitrogen and oxygen atoms in total. The molecule has 0 fully saturated rings. The van der Waals surface area contributed by atoms with Crippen LogP contribution in [0.3, 0.4) is 0 Å². The Morgan fingerprint density at radius 1 is 1.14 bits per heavy atom. The highest BCUT2D eigenvalue weighted by molar-refractivity contribution is 7.99. The summed E-state index contributed by atoms with van der Waals surface area (Å²) in [5.74, 6) is 0.735. The predicted octanol–water partition coefficient (Wildman–Crippen LogP) is 3.52. The van der Waals surface area contributed by atoms with Crippen LogP contribution in [0.5, 0.6) is 0 Å². The van der Waals surface area contributed by atoms with Crippen molar-refractivity contribution in [3.05, 3.63) is 54.5 Å². The highest BCUT2D eigenvalue weighted by atomic mass is 32.2. The number of nitrogens with zero attached hydrogens (tertiary/aromatic N) is 5. The van der Waals surface area contributed by atoms with E-state index in [2.05, 4.69) is 51.4 Å². The Bertz CT molecular complexity index is 727. The first-order valence-electron chi connectivity index (χ1n) is 7.17. The monoisotopic (exact) mass is 311 g/mol. The fourth-order valence-electron chi connectivity index (χ4n) is 2.24. The summed E-state index contributed by atoms with van der Waals surface area (Å²) in [6.07, 6.45) is 6.04. The van der Waals surface area contributed by atoms with Crippen molar-refractivity contribution < 1.29 is 0 Å². The van der Waals surface area contributed by atoms with Crippen LogP contribution in [0.15, 0.2) is 54.1 Å². The molecule has 2 heterocycles. The number of hydrogen-bond acceptors (Lipinski definition) is 5. The van der Waals surface area contributed by atoms with Crippen molar-refractivity contribution in [2.24, 2.45) is 7.05 Å². The molecular formula is C16H17N5S. The van der Waals surface area contributed by atoms with Gasteiger partial charge in [-0.25, -0.2) is 4.98 Å². The summed E-state index contributed by atoms with van der Waals surface area (Å²) in [5, 5.41) is 9.82. The van der Waals surface area contributed by atoms with Crippen LogP contribution in [0.4, 0.5) is 0 Å². The average molecular weight is 311 g/mol. The molecule has 6 heteroatoms. The lowest BCUT2D eigenvalue weighted by Crippen LogP contribution is -1.99. The lowest BCUT2D eigenvalue weighted by atomic mass is 10.1. The van der Waals surface area contributed by atoms with Gasteiger partial charge in [-0.3, -0.25) is 4.98 Å². The van der Waals surface area contributed by atoms with E-state index in [1.807, 2.05) is 17.7 Å². The molecule has 0 bridgehead atoms. The molecule has 0 unspecified atom stereocenters. The van der Waals surface area contributed by atoms with Gasteiger partial charge in [-0.05, 0) is 12.0 Å². The summed E-state index contributed by atoms with van der Waals surface area (Å²) < 4.78 is 1.97. The van der Waals surface area contributed by atoms with Crippen LogP contribution < -0.4 is 0 Å². The molecule has 0 aliphatic rings. The van der Waals surface area contributed by atoms with Gasteiger partial charge in [0.15, 0.2) is 11.0 Å². The van der Waals surface area contributed by atoms with E-state index in [0.29, 0.717) is 5.25 Å². The average Bonchev–Trinajstić information content (AvgIpc) is 2.95. The molecular weight excluding hydrogens is 294 g/mol. The van der Waals surface area contributed by atoms with Gasteiger partial charge in [0.1, 0.15) is 5.69 Å². The minimum atomic E-state index is 0.360. The van der Waals surface area contributed by atoms with Gasteiger partial charge in [0, 0.05) is 24.7 Å². The largest absolute Gasteiger partial charge is 0.304 e. The molecule has 112 valence electrons. The van der Waals surface area contributed by atoms with Gasteiger partial charge in [0.2, 0.25) is 0 Å². The van der Waals surface area contributed by atoms with Gasteiger partial charge in [-0.15, -0.1) is 10.2 Å². The minimum absolute atomic E-state index is 0.360. The smallest absolute Gasteiger partial charge is 0.191 e. The lowest BCUT2D eigenvalue weighted by Gasteiger charge is -2.14. The van der Waals surface area contributed by atoms with Crippen molar-refractivity contribution in [2.75, 3.05) is 0 Å². The van der Waals surface area contributed by atoms with Crippen LogP contribution >= 0.6 is 11.8 Å². The summed E-state index contributed by atoms with van der Waals surface area (Å²) in [5.41, 5.74) is 2.04. The van der Waals surface area contributed by atoms with Crippen molar-refractivity contribution in [3.63, 3.8) is 0 Å². The van der Waals surface area contributed by atoms with Gasteiger partial charge in [0.25, 0.3) is 0 Å². The standard InChI is InChI=1S/C16H17N5S/c1-3-14(12-7-5-4-6-8-12)22-16-20-19-15(21(16)2)13-11-17-9-10-18-13/h4-11,14H,3H2,1-2H3/t14-/m0/s1. The molecule has 1 aromatic carbocycles. The second-order valence-corrected chi connectivity index (χ2v) is 6.05. The Labute approximate surface area is 133 Å². The fraction of sp³-hybridized carbons (Fsp3) is 0.250. The molecule has 0 saturated heterocycles. The molecule has 22 heavy (non-hydrogen) atoms. The van der Waals surface area contributed by atoms with E-state index < -0.39 is 0 Å². The maximum Gasteiger partial charge on any atom is 0.191 e. The van der Waals surface area contributed by atoms with Crippen LogP contribution in [-0.4, -0.2) is 24.7 Å². The Morgan fingerprint density at radius 2 is 1.95 bits per heavy atom. The number of aromatic nitrogens is 5. The third kappa shape index (κ3) is 3.01. The van der Waals surface area contributed by atoms with Crippen molar-refractivity contribution >= 4 is 11.8 Å². The molecule has 3 rings (SSSR count). The molecule has 0 amide bonds. The lowest BCUT2D eigenvalue weighted by molar-refractivity contribution is 0.780. The zero-order chi connectivity index (χ0) is 15.4. The van der Waals surface area contributed by atoms with Gasteiger partial charge < -0.3 is 4.57 Å². The molecule has 3 aromatic rings. The van der Waals surface area contributed by atoms with Crippen molar-refractivity contribution in [1.29, 1.82) is 0 Å². The first-order chi connectivity index (χ1) is 10.8. The van der Waals surface area contributed by atoms with Crippen molar-refractivity contribution in [2.45, 2.75) is 23.8 Å². The zero-order valence-electron chi connectivity index (χ0n) is 12.5. The highest BCUT2D eigenvalue weighted by Gasteiger charge is 2.17. The molecule has 0 saturated carbocycles. The molecule has 2 aromatic heterocycles. The molecule has 1 atom stereocenters. The van der Waals surface area contributed by atoms with Crippen LogP contribution in [-0.2, 0) is 7.05 Å². The third-order valence-electron chi connectivity index (χ3n) is 3.42. The van der Waals surface area contributed by atoms with Crippen LogP contribution in [0.1, 0.15) is 24.2 Å². The summed E-state index contributed by atoms with van der Waals surface area (Å²) >= 11 is 1.73. The van der Waals surface area contributed by atoms with Gasteiger partial charge in [-0.2, -0.15) is 0 Å². The first-order valence-corrected chi connectivity index (χ1v) is 8.05. The molecule has 0 spiro atoms. The summed E-state index contributed by atoms with van der Waals surface area (Å²) in [6.45, 7) is 2.19. The first kappa shape index (κ1) is 14.7. The van der Waals surface area contributed by atoms with Crippen molar-refractivity contribution in [3.8, 4) is 11.5 Å². The Kier molecular flexibility index (Phi) is 4.48. The van der Waals surface area contributed by atoms with E-state index in [-0.39, 0.29) is 0 Å². The maximum absolute atomic E-state index is 4.31. The van der Waals surface area contributed by atoms with E-state index in [9.17, 15) is 0 Å². The van der Waals surface area contributed by atoms with Crippen LogP contribution in [0.2, 0.25) is 0 Å². The zero-order valence-corrected chi connectivity index (χ0v) is 13.4. The normalized spacial score (nSPS) is 12.3. The Morgan fingerprint density at radius 3 is 2.64 bits per heavy atom.